The molecule has 0 saturated carbocycles. The Morgan fingerprint density at radius 3 is 2.87 bits per heavy atom. The molecule has 0 saturated heterocycles. The van der Waals surface area contributed by atoms with Gasteiger partial charge in [0.05, 0.1) is 17.4 Å². The smallest absolute Gasteiger partial charge is 0.251 e. The number of amides is 1. The summed E-state index contributed by atoms with van der Waals surface area (Å²) in [5.41, 5.74) is 4.02. The second-order valence-electron chi connectivity index (χ2n) is 6.64. The Kier molecular flexibility index (Phi) is 5.97. The Morgan fingerprint density at radius 1 is 1.13 bits per heavy atom. The number of hydrogen-bond donors (Lipinski definition) is 2. The fourth-order valence-electron chi connectivity index (χ4n) is 2.98. The van der Waals surface area contributed by atoms with Crippen molar-refractivity contribution in [3.63, 3.8) is 0 Å². The fourth-order valence-corrected chi connectivity index (χ4v) is 2.98. The van der Waals surface area contributed by atoms with Crippen LogP contribution >= 0.6 is 0 Å². The van der Waals surface area contributed by atoms with Crippen LogP contribution in [0.15, 0.2) is 73.6 Å². The van der Waals surface area contributed by atoms with Crippen molar-refractivity contribution in [2.75, 3.05) is 6.54 Å². The molecular weight excluding hydrogens is 376 g/mol. The summed E-state index contributed by atoms with van der Waals surface area (Å²) in [7, 11) is 0. The van der Waals surface area contributed by atoms with Gasteiger partial charge in [0.1, 0.15) is 0 Å². The largest absolute Gasteiger partial charge is 0.352 e. The maximum Gasteiger partial charge on any atom is 0.251 e. The summed E-state index contributed by atoms with van der Waals surface area (Å²) in [5.74, 6) is 6.13. The number of aromatic nitrogens is 5. The van der Waals surface area contributed by atoms with E-state index in [9.17, 15) is 4.79 Å². The summed E-state index contributed by atoms with van der Waals surface area (Å²) >= 11 is 0. The summed E-state index contributed by atoms with van der Waals surface area (Å²) < 4.78 is 1.74. The number of nitrogens with one attached hydrogen (secondary N) is 2. The summed E-state index contributed by atoms with van der Waals surface area (Å²) in [6.45, 7) is 0.585. The Hall–Kier alpha value is -4.18. The van der Waals surface area contributed by atoms with Gasteiger partial charge in [-0.25, -0.2) is 4.68 Å². The lowest BCUT2D eigenvalue weighted by Gasteiger charge is -2.09. The molecule has 30 heavy (non-hydrogen) atoms. The van der Waals surface area contributed by atoms with E-state index in [2.05, 4.69) is 37.4 Å². The number of carbonyl (C=O) groups is 1. The van der Waals surface area contributed by atoms with Crippen LogP contribution in [0, 0.1) is 11.8 Å². The third-order valence-electron chi connectivity index (χ3n) is 4.50. The lowest BCUT2D eigenvalue weighted by Crippen LogP contribution is -2.25. The van der Waals surface area contributed by atoms with E-state index in [1.807, 2.05) is 36.7 Å². The number of aryl methyl sites for hydroxylation is 1. The van der Waals surface area contributed by atoms with Crippen LogP contribution in [0.1, 0.15) is 33.5 Å². The highest BCUT2D eigenvalue weighted by Gasteiger charge is 2.10. The van der Waals surface area contributed by atoms with Crippen molar-refractivity contribution < 1.29 is 4.79 Å². The lowest BCUT2D eigenvalue weighted by atomic mass is 10.1. The molecule has 3 aromatic heterocycles. The van der Waals surface area contributed by atoms with Gasteiger partial charge in [-0.05, 0) is 54.8 Å². The first-order chi connectivity index (χ1) is 14.8. The zero-order valence-corrected chi connectivity index (χ0v) is 16.2. The molecule has 1 amide bonds. The molecule has 0 atom stereocenters. The Morgan fingerprint density at radius 2 is 2.10 bits per heavy atom. The minimum atomic E-state index is -0.126. The van der Waals surface area contributed by atoms with Crippen LogP contribution in [-0.4, -0.2) is 37.4 Å². The first kappa shape index (κ1) is 19.2. The third kappa shape index (κ3) is 4.80. The van der Waals surface area contributed by atoms with Gasteiger partial charge in [-0.2, -0.15) is 10.2 Å². The minimum absolute atomic E-state index is 0.126. The fraction of sp³-hybridized carbons (Fsp3) is 0.130. The van der Waals surface area contributed by atoms with E-state index < -0.39 is 0 Å². The van der Waals surface area contributed by atoms with Crippen LogP contribution in [0.4, 0.5) is 0 Å². The molecule has 0 aliphatic rings. The standard InChI is InChI=1S/C23H20N6O/c30-23(25-11-2-5-19-16-26-27-17-19)21-8-9-22(29-13-3-12-28-29)20(14-21)7-6-18-4-1-10-24-15-18/h1,3-4,8-10,12-17H,2,5,11H2,(H,25,30)(H,26,27). The molecule has 0 bridgehead atoms. The van der Waals surface area contributed by atoms with Crippen LogP contribution < -0.4 is 5.32 Å². The number of carbonyl (C=O) groups excluding carboxylic acids is 1. The predicted octanol–water partition coefficient (Wildman–Crippen LogP) is 2.75. The predicted molar refractivity (Wildman–Crippen MR) is 113 cm³/mol. The van der Waals surface area contributed by atoms with Crippen molar-refractivity contribution in [2.45, 2.75) is 12.8 Å². The normalized spacial score (nSPS) is 10.3. The van der Waals surface area contributed by atoms with E-state index >= 15 is 0 Å². The monoisotopic (exact) mass is 396 g/mol. The summed E-state index contributed by atoms with van der Waals surface area (Å²) in [4.78, 5) is 16.7. The highest BCUT2D eigenvalue weighted by Crippen LogP contribution is 2.16. The van der Waals surface area contributed by atoms with E-state index in [4.69, 9.17) is 0 Å². The highest BCUT2D eigenvalue weighted by molar-refractivity contribution is 5.95. The van der Waals surface area contributed by atoms with Crippen LogP contribution in [0.5, 0.6) is 0 Å². The summed E-state index contributed by atoms with van der Waals surface area (Å²) in [6, 6.07) is 11.0. The average Bonchev–Trinajstić information content (AvgIpc) is 3.50. The summed E-state index contributed by atoms with van der Waals surface area (Å²) in [6.07, 6.45) is 12.3. The minimum Gasteiger partial charge on any atom is -0.352 e. The molecule has 0 fully saturated rings. The molecule has 3 heterocycles. The number of rotatable bonds is 6. The van der Waals surface area contributed by atoms with Crippen LogP contribution in [0.25, 0.3) is 5.69 Å². The van der Waals surface area contributed by atoms with Gasteiger partial charge in [0.25, 0.3) is 5.91 Å². The Balaban J connectivity index is 1.51. The van der Waals surface area contributed by atoms with Gasteiger partial charge in [-0.3, -0.25) is 14.9 Å². The van der Waals surface area contributed by atoms with Gasteiger partial charge in [0.15, 0.2) is 0 Å². The highest BCUT2D eigenvalue weighted by atomic mass is 16.1. The first-order valence-corrected chi connectivity index (χ1v) is 9.61. The van der Waals surface area contributed by atoms with E-state index in [1.165, 1.54) is 0 Å². The molecule has 0 radical (unpaired) electrons. The molecule has 7 nitrogen and oxygen atoms in total. The SMILES string of the molecule is O=C(NCCCc1cn[nH]c1)c1ccc(-n2cccn2)c(C#Cc2cccnc2)c1. The van der Waals surface area contributed by atoms with E-state index in [0.29, 0.717) is 17.7 Å². The van der Waals surface area contributed by atoms with Crippen molar-refractivity contribution >= 4 is 5.91 Å². The van der Waals surface area contributed by atoms with Gasteiger partial charge in [0, 0.05) is 48.7 Å². The van der Waals surface area contributed by atoms with Crippen molar-refractivity contribution in [2.24, 2.45) is 0 Å². The third-order valence-corrected chi connectivity index (χ3v) is 4.50. The number of H-pyrrole nitrogens is 1. The number of hydrogen-bond acceptors (Lipinski definition) is 4. The van der Waals surface area contributed by atoms with E-state index in [1.54, 1.807) is 41.6 Å². The molecule has 0 spiro atoms. The molecule has 148 valence electrons. The molecule has 0 aliphatic heterocycles. The quantitative estimate of drug-likeness (QED) is 0.387. The lowest BCUT2D eigenvalue weighted by molar-refractivity contribution is 0.0953. The Labute approximate surface area is 174 Å². The van der Waals surface area contributed by atoms with Crippen LogP contribution in [0.2, 0.25) is 0 Å². The zero-order valence-electron chi connectivity index (χ0n) is 16.2. The second-order valence-corrected chi connectivity index (χ2v) is 6.64. The maximum absolute atomic E-state index is 12.6. The molecule has 4 aromatic rings. The van der Waals surface area contributed by atoms with Crippen molar-refractivity contribution in [3.05, 3.63) is 95.8 Å². The summed E-state index contributed by atoms with van der Waals surface area (Å²) in [5, 5.41) is 14.0. The average molecular weight is 396 g/mol. The van der Waals surface area contributed by atoms with E-state index in [-0.39, 0.29) is 5.91 Å². The number of benzene rings is 1. The molecule has 7 heteroatoms. The second kappa shape index (κ2) is 9.34. The topological polar surface area (TPSA) is 88.5 Å². The van der Waals surface area contributed by atoms with Crippen molar-refractivity contribution in [1.29, 1.82) is 0 Å². The molecule has 0 unspecified atom stereocenters. The van der Waals surface area contributed by atoms with Gasteiger partial charge in [0.2, 0.25) is 0 Å². The number of aromatic amines is 1. The number of nitrogens with zero attached hydrogens (tertiary/aromatic N) is 4. The van der Waals surface area contributed by atoms with Crippen LogP contribution in [-0.2, 0) is 6.42 Å². The van der Waals surface area contributed by atoms with E-state index in [0.717, 1.165) is 29.7 Å². The van der Waals surface area contributed by atoms with Gasteiger partial charge in [-0.1, -0.05) is 11.8 Å². The Bertz CT molecular complexity index is 1160. The van der Waals surface area contributed by atoms with Gasteiger partial charge in [-0.15, -0.1) is 0 Å². The molecular formula is C23H20N6O. The molecule has 4 rings (SSSR count). The molecule has 0 aliphatic carbocycles. The van der Waals surface area contributed by atoms with Gasteiger partial charge >= 0.3 is 0 Å². The first-order valence-electron chi connectivity index (χ1n) is 9.61. The molecule has 2 N–H and O–H groups in total. The maximum atomic E-state index is 12.6. The van der Waals surface area contributed by atoms with Gasteiger partial charge < -0.3 is 5.32 Å². The number of pyridine rings is 1. The zero-order chi connectivity index (χ0) is 20.6. The van der Waals surface area contributed by atoms with Crippen LogP contribution in [0.3, 0.4) is 0 Å². The van der Waals surface area contributed by atoms with Crippen molar-refractivity contribution in [1.82, 2.24) is 30.3 Å². The molecule has 1 aromatic carbocycles. The van der Waals surface area contributed by atoms with Crippen molar-refractivity contribution in [3.8, 4) is 17.5 Å².